The highest BCUT2D eigenvalue weighted by atomic mass is 35.5. The lowest BCUT2D eigenvalue weighted by Gasteiger charge is -2.25. The van der Waals surface area contributed by atoms with Gasteiger partial charge in [0.1, 0.15) is 0 Å². The van der Waals surface area contributed by atoms with Crippen molar-refractivity contribution in [1.82, 2.24) is 0 Å². The van der Waals surface area contributed by atoms with Crippen molar-refractivity contribution < 1.29 is 23.2 Å². The zero-order valence-electron chi connectivity index (χ0n) is 7.71. The highest BCUT2D eigenvalue weighted by molar-refractivity contribution is 7.86. The van der Waals surface area contributed by atoms with Crippen molar-refractivity contribution in [3.8, 4) is 0 Å². The molecule has 8 heteroatoms. The van der Waals surface area contributed by atoms with Crippen LogP contribution in [-0.2, 0) is 15.2 Å². The first-order valence-corrected chi connectivity index (χ1v) is 6.24. The summed E-state index contributed by atoms with van der Waals surface area (Å²) in [5, 5.41) is 16.1. The Morgan fingerprint density at radius 1 is 1.29 bits per heavy atom. The number of aliphatic hydroxyl groups excluding tert-OH is 1. The van der Waals surface area contributed by atoms with E-state index in [-0.39, 0.29) is 18.0 Å². The SMILES string of the molecule is C.O=S(=O)(O)C(O)C(O)(Cl)c1ccccc1Cl. The Morgan fingerprint density at radius 2 is 1.76 bits per heavy atom. The molecule has 0 amide bonds. The van der Waals surface area contributed by atoms with Crippen molar-refractivity contribution in [2.24, 2.45) is 0 Å². The molecule has 2 atom stereocenters. The fourth-order valence-electron chi connectivity index (χ4n) is 1.08. The molecular weight excluding hydrogens is 291 g/mol. The number of hydrogen-bond acceptors (Lipinski definition) is 4. The second-order valence-corrected chi connectivity index (χ2v) is 5.48. The second kappa shape index (κ2) is 5.51. The molecule has 0 spiro atoms. The number of halogens is 2. The minimum atomic E-state index is -4.91. The van der Waals surface area contributed by atoms with Gasteiger partial charge in [0, 0.05) is 10.6 Å². The Labute approximate surface area is 109 Å². The van der Waals surface area contributed by atoms with Crippen molar-refractivity contribution in [1.29, 1.82) is 0 Å². The molecule has 5 nitrogen and oxygen atoms in total. The molecule has 1 rings (SSSR count). The zero-order chi connectivity index (χ0) is 12.6. The number of aliphatic hydroxyl groups is 2. The molecule has 0 bridgehead atoms. The summed E-state index contributed by atoms with van der Waals surface area (Å²) in [6.07, 6.45) is 0. The number of alkyl halides is 1. The first kappa shape index (κ1) is 16.6. The molecule has 98 valence electrons. The standard InChI is InChI=1S/C8H8Cl2O5S.CH4/c9-6-4-2-1-3-5(6)8(10,12)7(11)16(13,14)15;/h1-4,7,11-12H,(H,13,14,15);1H4. The summed E-state index contributed by atoms with van der Waals surface area (Å²) in [7, 11) is -4.91. The average molecular weight is 303 g/mol. The van der Waals surface area contributed by atoms with Crippen molar-refractivity contribution in [3.05, 3.63) is 34.9 Å². The third kappa shape index (κ3) is 3.54. The van der Waals surface area contributed by atoms with Crippen molar-refractivity contribution in [2.45, 2.75) is 17.9 Å². The maximum Gasteiger partial charge on any atom is 0.296 e. The highest BCUT2D eigenvalue weighted by Gasteiger charge is 2.44. The maximum absolute atomic E-state index is 10.7. The molecule has 0 heterocycles. The van der Waals surface area contributed by atoms with E-state index in [2.05, 4.69) is 0 Å². The van der Waals surface area contributed by atoms with Crippen LogP contribution in [0.15, 0.2) is 24.3 Å². The smallest absolute Gasteiger partial charge is 0.296 e. The first-order valence-electron chi connectivity index (χ1n) is 3.98. The minimum Gasteiger partial charge on any atom is -0.372 e. The molecule has 0 radical (unpaired) electrons. The normalized spacial score (nSPS) is 16.8. The predicted octanol–water partition coefficient (Wildman–Crippen LogP) is 1.57. The van der Waals surface area contributed by atoms with Crippen LogP contribution in [0.1, 0.15) is 13.0 Å². The van der Waals surface area contributed by atoms with Gasteiger partial charge in [-0.1, -0.05) is 48.8 Å². The van der Waals surface area contributed by atoms with Gasteiger partial charge in [-0.15, -0.1) is 0 Å². The van der Waals surface area contributed by atoms with Crippen LogP contribution in [-0.4, -0.2) is 28.6 Å². The number of benzene rings is 1. The van der Waals surface area contributed by atoms with E-state index < -0.39 is 20.6 Å². The third-order valence-corrected chi connectivity index (χ3v) is 3.64. The molecule has 0 saturated carbocycles. The topological polar surface area (TPSA) is 94.8 Å². The molecule has 0 fully saturated rings. The molecular formula is C9H12Cl2O5S. The molecule has 2 unspecified atom stereocenters. The molecule has 0 aliphatic carbocycles. The van der Waals surface area contributed by atoms with E-state index in [1.165, 1.54) is 24.3 Å². The van der Waals surface area contributed by atoms with Crippen LogP contribution < -0.4 is 0 Å². The lowest BCUT2D eigenvalue weighted by atomic mass is 10.1. The van der Waals surface area contributed by atoms with Crippen molar-refractivity contribution in [3.63, 3.8) is 0 Å². The van der Waals surface area contributed by atoms with Crippen LogP contribution in [0.4, 0.5) is 0 Å². The van der Waals surface area contributed by atoms with Gasteiger partial charge in [0.2, 0.25) is 10.5 Å². The lowest BCUT2D eigenvalue weighted by molar-refractivity contribution is 0.0250. The summed E-state index contributed by atoms with van der Waals surface area (Å²) >= 11 is 11.2. The summed E-state index contributed by atoms with van der Waals surface area (Å²) in [6, 6.07) is 5.54. The Hall–Kier alpha value is -0.370. The second-order valence-electron chi connectivity index (χ2n) is 3.02. The van der Waals surface area contributed by atoms with Crippen LogP contribution >= 0.6 is 23.2 Å². The highest BCUT2D eigenvalue weighted by Crippen LogP contribution is 2.36. The minimum absolute atomic E-state index is 0. The molecule has 0 aliphatic rings. The predicted molar refractivity (Wildman–Crippen MR) is 65.5 cm³/mol. The molecule has 3 N–H and O–H groups in total. The van der Waals surface area contributed by atoms with Crippen LogP contribution in [0.2, 0.25) is 5.02 Å². The van der Waals surface area contributed by atoms with Gasteiger partial charge in [-0.3, -0.25) is 4.55 Å². The van der Waals surface area contributed by atoms with E-state index in [0.29, 0.717) is 0 Å². The molecule has 0 aliphatic heterocycles. The number of rotatable bonds is 3. The van der Waals surface area contributed by atoms with Crippen LogP contribution in [0, 0.1) is 0 Å². The maximum atomic E-state index is 10.7. The Morgan fingerprint density at radius 3 is 2.18 bits per heavy atom. The molecule has 17 heavy (non-hydrogen) atoms. The van der Waals surface area contributed by atoms with Gasteiger partial charge < -0.3 is 10.2 Å². The fourth-order valence-corrected chi connectivity index (χ4v) is 2.43. The summed E-state index contributed by atoms with van der Waals surface area (Å²) in [5.74, 6) is 0. The summed E-state index contributed by atoms with van der Waals surface area (Å²) < 4.78 is 30.0. The van der Waals surface area contributed by atoms with Gasteiger partial charge in [0.05, 0.1) is 0 Å². The molecule has 0 aromatic heterocycles. The van der Waals surface area contributed by atoms with Crippen LogP contribution in [0.5, 0.6) is 0 Å². The third-order valence-electron chi connectivity index (χ3n) is 1.86. The quantitative estimate of drug-likeness (QED) is 0.582. The van der Waals surface area contributed by atoms with Gasteiger partial charge in [-0.2, -0.15) is 8.42 Å². The molecule has 0 saturated heterocycles. The Balaban J connectivity index is 0.00000256. The first-order chi connectivity index (χ1) is 7.17. The summed E-state index contributed by atoms with van der Waals surface area (Å²) in [5.41, 5.74) is -2.81. The zero-order valence-corrected chi connectivity index (χ0v) is 10.0. The van der Waals surface area contributed by atoms with Gasteiger partial charge >= 0.3 is 0 Å². The van der Waals surface area contributed by atoms with Gasteiger partial charge in [0.25, 0.3) is 10.1 Å². The van der Waals surface area contributed by atoms with E-state index >= 15 is 0 Å². The van der Waals surface area contributed by atoms with E-state index in [1.54, 1.807) is 0 Å². The summed E-state index contributed by atoms with van der Waals surface area (Å²) in [4.78, 5) is 0. The van der Waals surface area contributed by atoms with Crippen molar-refractivity contribution >= 4 is 33.3 Å². The fraction of sp³-hybridized carbons (Fsp3) is 0.333. The number of hydrogen-bond donors (Lipinski definition) is 3. The van der Waals surface area contributed by atoms with Gasteiger partial charge in [-0.05, 0) is 6.07 Å². The average Bonchev–Trinajstić information content (AvgIpc) is 2.15. The van der Waals surface area contributed by atoms with Crippen LogP contribution in [0.3, 0.4) is 0 Å². The van der Waals surface area contributed by atoms with Gasteiger partial charge in [-0.25, -0.2) is 0 Å². The Kier molecular flexibility index (Phi) is 5.39. The Bertz CT molecular complexity index is 486. The largest absolute Gasteiger partial charge is 0.372 e. The van der Waals surface area contributed by atoms with E-state index in [9.17, 15) is 18.6 Å². The van der Waals surface area contributed by atoms with E-state index in [4.69, 9.17) is 27.8 Å². The van der Waals surface area contributed by atoms with Gasteiger partial charge in [0.15, 0.2) is 0 Å². The molecule has 1 aromatic carbocycles. The van der Waals surface area contributed by atoms with Crippen LogP contribution in [0.25, 0.3) is 0 Å². The molecule has 1 aromatic rings. The van der Waals surface area contributed by atoms with E-state index in [0.717, 1.165) is 0 Å². The monoisotopic (exact) mass is 302 g/mol. The van der Waals surface area contributed by atoms with E-state index in [1.807, 2.05) is 0 Å². The lowest BCUT2D eigenvalue weighted by Crippen LogP contribution is -2.40. The summed E-state index contributed by atoms with van der Waals surface area (Å²) in [6.45, 7) is 0. The van der Waals surface area contributed by atoms with Crippen molar-refractivity contribution in [2.75, 3.05) is 0 Å².